The van der Waals surface area contributed by atoms with Crippen LogP contribution in [0.3, 0.4) is 0 Å². The number of ether oxygens (including phenoxy) is 1. The molecule has 8 heteroatoms. The van der Waals surface area contributed by atoms with E-state index in [1.54, 1.807) is 6.92 Å². The number of alkyl halides is 3. The highest BCUT2D eigenvalue weighted by Gasteiger charge is 2.39. The van der Waals surface area contributed by atoms with Gasteiger partial charge in [-0.05, 0) is 25.0 Å². The second-order valence-electron chi connectivity index (χ2n) is 4.51. The van der Waals surface area contributed by atoms with E-state index < -0.39 is 29.4 Å². The van der Waals surface area contributed by atoms with Gasteiger partial charge < -0.3 is 9.53 Å². The topological polar surface area (TPSA) is 63.7 Å². The lowest BCUT2D eigenvalue weighted by atomic mass is 10.0. The zero-order valence-electron chi connectivity index (χ0n) is 12.6. The van der Waals surface area contributed by atoms with Crippen molar-refractivity contribution in [1.82, 2.24) is 0 Å². The van der Waals surface area contributed by atoms with Gasteiger partial charge in [-0.15, -0.1) is 0 Å². The summed E-state index contributed by atoms with van der Waals surface area (Å²) < 4.78 is 44.3. The molecule has 0 bridgehead atoms. The third-order valence-electron chi connectivity index (χ3n) is 3.13. The molecule has 1 unspecified atom stereocenters. The third-order valence-corrected chi connectivity index (χ3v) is 3.13. The minimum atomic E-state index is -4.75. The maximum absolute atomic E-state index is 13.2. The molecule has 0 aliphatic rings. The summed E-state index contributed by atoms with van der Waals surface area (Å²) in [6.07, 6.45) is -4.46. The van der Waals surface area contributed by atoms with Crippen LogP contribution in [0.1, 0.15) is 25.0 Å². The molecule has 0 spiro atoms. The lowest BCUT2D eigenvalue weighted by Gasteiger charge is -2.27. The van der Waals surface area contributed by atoms with E-state index in [0.29, 0.717) is 4.90 Å². The Morgan fingerprint density at radius 2 is 1.96 bits per heavy atom. The fourth-order valence-electron chi connectivity index (χ4n) is 2.13. The summed E-state index contributed by atoms with van der Waals surface area (Å²) in [5.74, 6) is -1.09. The smallest absolute Gasteiger partial charge is 0.418 e. The average Bonchev–Trinajstić information content (AvgIpc) is 2.51. The zero-order chi connectivity index (χ0) is 17.6. The van der Waals surface area contributed by atoms with Crippen LogP contribution in [0.25, 0.3) is 0 Å². The van der Waals surface area contributed by atoms with Gasteiger partial charge in [0.25, 0.3) is 0 Å². The molecule has 0 heterocycles. The molecule has 126 valence electrons. The van der Waals surface area contributed by atoms with Gasteiger partial charge in [0.15, 0.2) is 12.3 Å². The van der Waals surface area contributed by atoms with E-state index in [9.17, 15) is 27.6 Å². The highest BCUT2D eigenvalue weighted by molar-refractivity contribution is 6.02. The van der Waals surface area contributed by atoms with Gasteiger partial charge in [-0.3, -0.25) is 9.69 Å². The van der Waals surface area contributed by atoms with Crippen LogP contribution in [0.5, 0.6) is 0 Å². The van der Waals surface area contributed by atoms with Crippen LogP contribution in [0.2, 0.25) is 0 Å². The molecule has 0 radical (unpaired) electrons. The van der Waals surface area contributed by atoms with Crippen LogP contribution >= 0.6 is 0 Å². The molecule has 0 saturated heterocycles. The number of aldehydes is 1. The number of benzene rings is 1. The van der Waals surface area contributed by atoms with Gasteiger partial charge in [-0.2, -0.15) is 13.2 Å². The molecule has 0 saturated carbocycles. The maximum Gasteiger partial charge on any atom is 0.418 e. The van der Waals surface area contributed by atoms with Crippen LogP contribution in [0.4, 0.5) is 18.9 Å². The van der Waals surface area contributed by atoms with Crippen LogP contribution < -0.4 is 4.90 Å². The van der Waals surface area contributed by atoms with Gasteiger partial charge in [0.1, 0.15) is 0 Å². The lowest BCUT2D eigenvalue weighted by molar-refractivity contribution is -0.147. The van der Waals surface area contributed by atoms with Crippen molar-refractivity contribution in [2.75, 3.05) is 11.5 Å². The fourth-order valence-corrected chi connectivity index (χ4v) is 2.13. The van der Waals surface area contributed by atoms with Crippen molar-refractivity contribution in [1.29, 1.82) is 0 Å². The largest absolute Gasteiger partial charge is 0.464 e. The highest BCUT2D eigenvalue weighted by Crippen LogP contribution is 2.39. The standard InChI is InChI=1S/C15H16F3NO4/c1-3-10-6-5-7-11(15(16,17)18)13(10)19(9-21)12(8-20)14(22)23-4-2/h5-9,12H,3-4H2,1-2H3. The van der Waals surface area contributed by atoms with Crippen molar-refractivity contribution in [3.63, 3.8) is 0 Å². The molecule has 0 aliphatic heterocycles. The van der Waals surface area contributed by atoms with E-state index in [4.69, 9.17) is 0 Å². The van der Waals surface area contributed by atoms with Crippen LogP contribution in [0, 0.1) is 0 Å². The first kappa shape index (κ1) is 18.7. The summed E-state index contributed by atoms with van der Waals surface area (Å²) in [7, 11) is 0. The van der Waals surface area contributed by atoms with Crippen molar-refractivity contribution in [2.24, 2.45) is 0 Å². The number of hydrogen-bond donors (Lipinski definition) is 0. The fraction of sp³-hybridized carbons (Fsp3) is 0.400. The molecular formula is C15H16F3NO4. The molecule has 1 atom stereocenters. The van der Waals surface area contributed by atoms with E-state index >= 15 is 0 Å². The predicted molar refractivity (Wildman–Crippen MR) is 75.9 cm³/mol. The Kier molecular flexibility index (Phi) is 6.29. The molecule has 1 amide bonds. The molecule has 1 aromatic rings. The Balaban J connectivity index is 3.52. The normalized spacial score (nSPS) is 12.4. The minimum Gasteiger partial charge on any atom is -0.464 e. The molecule has 23 heavy (non-hydrogen) atoms. The van der Waals surface area contributed by atoms with Gasteiger partial charge in [-0.1, -0.05) is 19.1 Å². The Bertz CT molecular complexity index is 587. The second kappa shape index (κ2) is 7.75. The number of hydrogen-bond acceptors (Lipinski definition) is 4. The maximum atomic E-state index is 13.2. The summed E-state index contributed by atoms with van der Waals surface area (Å²) in [6, 6.07) is 1.61. The SMILES string of the molecule is CCOC(=O)C(C=O)N(C=O)c1c(CC)cccc1C(F)(F)F. The molecule has 1 rings (SSSR count). The van der Waals surface area contributed by atoms with Crippen LogP contribution in [0.15, 0.2) is 18.2 Å². The number of carbonyl (C=O) groups is 3. The van der Waals surface area contributed by atoms with Gasteiger partial charge in [0.05, 0.1) is 17.9 Å². The molecule has 0 N–H and O–H groups in total. The van der Waals surface area contributed by atoms with Crippen molar-refractivity contribution in [2.45, 2.75) is 32.5 Å². The summed E-state index contributed by atoms with van der Waals surface area (Å²) >= 11 is 0. The van der Waals surface area contributed by atoms with Gasteiger partial charge >= 0.3 is 12.1 Å². The Labute approximate surface area is 131 Å². The quantitative estimate of drug-likeness (QED) is 0.437. The number of anilines is 1. The van der Waals surface area contributed by atoms with Gasteiger partial charge in [0, 0.05) is 0 Å². The molecule has 0 fully saturated rings. The van der Waals surface area contributed by atoms with Crippen molar-refractivity contribution >= 4 is 24.4 Å². The number of para-hydroxylation sites is 1. The number of halogens is 3. The minimum absolute atomic E-state index is 0.0275. The number of nitrogens with zero attached hydrogens (tertiary/aromatic N) is 1. The Morgan fingerprint density at radius 3 is 2.39 bits per heavy atom. The van der Waals surface area contributed by atoms with E-state index in [-0.39, 0.29) is 31.3 Å². The number of esters is 1. The van der Waals surface area contributed by atoms with E-state index in [0.717, 1.165) is 6.07 Å². The van der Waals surface area contributed by atoms with Gasteiger partial charge in [0.2, 0.25) is 6.41 Å². The first-order chi connectivity index (χ1) is 10.8. The first-order valence-electron chi connectivity index (χ1n) is 6.86. The third kappa shape index (κ3) is 4.08. The Hall–Kier alpha value is -2.38. The van der Waals surface area contributed by atoms with Crippen molar-refractivity contribution < 1.29 is 32.3 Å². The number of amides is 1. The molecular weight excluding hydrogens is 315 g/mol. The van der Waals surface area contributed by atoms with E-state index in [2.05, 4.69) is 4.74 Å². The molecule has 0 aromatic heterocycles. The van der Waals surface area contributed by atoms with Crippen LogP contribution in [-0.4, -0.2) is 31.3 Å². The molecule has 1 aromatic carbocycles. The zero-order valence-corrected chi connectivity index (χ0v) is 12.6. The second-order valence-corrected chi connectivity index (χ2v) is 4.51. The number of rotatable bonds is 7. The predicted octanol–water partition coefficient (Wildman–Crippen LogP) is 2.36. The van der Waals surface area contributed by atoms with Gasteiger partial charge in [-0.25, -0.2) is 4.79 Å². The summed E-state index contributed by atoms with van der Waals surface area (Å²) in [4.78, 5) is 34.8. The highest BCUT2D eigenvalue weighted by atomic mass is 19.4. The molecule has 5 nitrogen and oxygen atoms in total. The van der Waals surface area contributed by atoms with Crippen molar-refractivity contribution in [3.8, 4) is 0 Å². The summed E-state index contributed by atoms with van der Waals surface area (Å²) in [6.45, 7) is 3.01. The molecule has 0 aliphatic carbocycles. The van der Waals surface area contributed by atoms with E-state index in [1.165, 1.54) is 19.1 Å². The Morgan fingerprint density at radius 1 is 1.30 bits per heavy atom. The monoisotopic (exact) mass is 331 g/mol. The first-order valence-corrected chi connectivity index (χ1v) is 6.86. The lowest BCUT2D eigenvalue weighted by Crippen LogP contribution is -2.44. The van der Waals surface area contributed by atoms with Crippen molar-refractivity contribution in [3.05, 3.63) is 29.3 Å². The summed E-state index contributed by atoms with van der Waals surface area (Å²) in [5, 5.41) is 0. The van der Waals surface area contributed by atoms with Crippen LogP contribution in [-0.2, 0) is 31.7 Å². The average molecular weight is 331 g/mol. The van der Waals surface area contributed by atoms with E-state index in [1.807, 2.05) is 0 Å². The summed E-state index contributed by atoms with van der Waals surface area (Å²) in [5.41, 5.74) is -1.43. The number of carbonyl (C=O) groups excluding carboxylic acids is 3. The number of aryl methyl sites for hydroxylation is 1.